The SMILES string of the molecule is O=C(O)C1CCCN(C(c2ccc3ccccc3c2)c2cccc(Cl)c2Cl)C1. The molecule has 0 aliphatic carbocycles. The van der Waals surface area contributed by atoms with E-state index >= 15 is 0 Å². The number of rotatable bonds is 4. The van der Waals surface area contributed by atoms with Gasteiger partial charge < -0.3 is 5.11 Å². The van der Waals surface area contributed by atoms with Crippen molar-refractivity contribution in [2.24, 2.45) is 5.92 Å². The van der Waals surface area contributed by atoms with Gasteiger partial charge in [-0.3, -0.25) is 9.69 Å². The molecule has 0 spiro atoms. The Morgan fingerprint density at radius 3 is 2.61 bits per heavy atom. The molecule has 28 heavy (non-hydrogen) atoms. The van der Waals surface area contributed by atoms with Crippen molar-refractivity contribution in [3.8, 4) is 0 Å². The van der Waals surface area contributed by atoms with Gasteiger partial charge in [0, 0.05) is 6.54 Å². The number of hydrogen-bond donors (Lipinski definition) is 1. The number of carboxylic acid groups (broad SMARTS) is 1. The van der Waals surface area contributed by atoms with Crippen LogP contribution in [0.1, 0.15) is 30.0 Å². The van der Waals surface area contributed by atoms with Crippen LogP contribution in [-0.4, -0.2) is 29.1 Å². The second-order valence-electron chi connectivity index (χ2n) is 7.32. The maximum atomic E-state index is 11.6. The van der Waals surface area contributed by atoms with E-state index in [1.54, 1.807) is 6.07 Å². The van der Waals surface area contributed by atoms with Crippen molar-refractivity contribution in [3.63, 3.8) is 0 Å². The van der Waals surface area contributed by atoms with Gasteiger partial charge in [0.15, 0.2) is 0 Å². The first kappa shape index (κ1) is 19.3. The van der Waals surface area contributed by atoms with Crippen LogP contribution in [0.5, 0.6) is 0 Å². The number of likely N-dealkylation sites (tertiary alicyclic amines) is 1. The lowest BCUT2D eigenvalue weighted by molar-refractivity contribution is -0.143. The van der Waals surface area contributed by atoms with E-state index in [0.29, 0.717) is 23.0 Å². The van der Waals surface area contributed by atoms with E-state index in [2.05, 4.69) is 35.2 Å². The molecule has 3 aromatic rings. The Bertz CT molecular complexity index is 1020. The minimum atomic E-state index is -0.737. The van der Waals surface area contributed by atoms with Crippen LogP contribution in [0.3, 0.4) is 0 Å². The van der Waals surface area contributed by atoms with Crippen LogP contribution in [0.15, 0.2) is 60.7 Å². The highest BCUT2D eigenvalue weighted by Gasteiger charge is 2.32. The highest BCUT2D eigenvalue weighted by Crippen LogP contribution is 2.39. The van der Waals surface area contributed by atoms with Gasteiger partial charge in [-0.1, -0.05) is 71.7 Å². The van der Waals surface area contributed by atoms with Gasteiger partial charge in [-0.25, -0.2) is 0 Å². The molecule has 3 aromatic carbocycles. The molecule has 0 saturated carbocycles. The first-order valence-corrected chi connectivity index (χ1v) is 10.2. The lowest BCUT2D eigenvalue weighted by atomic mass is 9.90. The Morgan fingerprint density at radius 1 is 1.04 bits per heavy atom. The Labute approximate surface area is 174 Å². The summed E-state index contributed by atoms with van der Waals surface area (Å²) in [5.41, 5.74) is 2.00. The topological polar surface area (TPSA) is 40.5 Å². The molecule has 2 unspecified atom stereocenters. The molecule has 5 heteroatoms. The quantitative estimate of drug-likeness (QED) is 0.567. The number of benzene rings is 3. The summed E-state index contributed by atoms with van der Waals surface area (Å²) in [6.45, 7) is 1.32. The van der Waals surface area contributed by atoms with Crippen LogP contribution in [-0.2, 0) is 4.79 Å². The summed E-state index contributed by atoms with van der Waals surface area (Å²) in [5.74, 6) is -1.10. The number of nitrogens with zero attached hydrogens (tertiary/aromatic N) is 1. The lowest BCUT2D eigenvalue weighted by Gasteiger charge is -2.38. The van der Waals surface area contributed by atoms with Gasteiger partial charge in [0.05, 0.1) is 22.0 Å². The van der Waals surface area contributed by atoms with E-state index in [9.17, 15) is 9.90 Å². The van der Waals surface area contributed by atoms with Crippen molar-refractivity contribution in [2.45, 2.75) is 18.9 Å². The summed E-state index contributed by atoms with van der Waals surface area (Å²) in [6.07, 6.45) is 1.55. The predicted molar refractivity (Wildman–Crippen MR) is 114 cm³/mol. The number of piperidine rings is 1. The van der Waals surface area contributed by atoms with Crippen molar-refractivity contribution in [1.29, 1.82) is 0 Å². The molecule has 144 valence electrons. The van der Waals surface area contributed by atoms with Crippen molar-refractivity contribution in [1.82, 2.24) is 4.90 Å². The van der Waals surface area contributed by atoms with E-state index in [4.69, 9.17) is 23.2 Å². The average molecular weight is 414 g/mol. The van der Waals surface area contributed by atoms with Crippen LogP contribution in [0.25, 0.3) is 10.8 Å². The first-order chi connectivity index (χ1) is 13.5. The van der Waals surface area contributed by atoms with Gasteiger partial charge in [0.2, 0.25) is 0 Å². The van der Waals surface area contributed by atoms with Crippen molar-refractivity contribution in [2.75, 3.05) is 13.1 Å². The molecule has 1 saturated heterocycles. The molecule has 1 aliphatic rings. The smallest absolute Gasteiger partial charge is 0.307 e. The molecule has 1 heterocycles. The number of carboxylic acids is 1. The van der Waals surface area contributed by atoms with Gasteiger partial charge in [-0.2, -0.15) is 0 Å². The van der Waals surface area contributed by atoms with Crippen LogP contribution >= 0.6 is 23.2 Å². The largest absolute Gasteiger partial charge is 0.481 e. The number of carbonyl (C=O) groups is 1. The van der Waals surface area contributed by atoms with Crippen molar-refractivity contribution in [3.05, 3.63) is 81.8 Å². The van der Waals surface area contributed by atoms with Gasteiger partial charge in [-0.05, 0) is 53.4 Å². The zero-order valence-electron chi connectivity index (χ0n) is 15.3. The number of aliphatic carboxylic acids is 1. The highest BCUT2D eigenvalue weighted by molar-refractivity contribution is 6.42. The molecule has 0 amide bonds. The predicted octanol–water partition coefficient (Wildman–Crippen LogP) is 6.03. The molecule has 0 radical (unpaired) electrons. The Morgan fingerprint density at radius 2 is 1.82 bits per heavy atom. The Hall–Kier alpha value is -2.07. The monoisotopic (exact) mass is 413 g/mol. The van der Waals surface area contributed by atoms with Crippen molar-refractivity contribution < 1.29 is 9.90 Å². The summed E-state index contributed by atoms with van der Waals surface area (Å²) in [4.78, 5) is 13.8. The third-order valence-corrected chi connectivity index (χ3v) is 6.37. The van der Waals surface area contributed by atoms with Crippen LogP contribution < -0.4 is 0 Å². The Balaban J connectivity index is 1.83. The zero-order chi connectivity index (χ0) is 19.7. The number of fused-ring (bicyclic) bond motifs is 1. The van der Waals surface area contributed by atoms with Gasteiger partial charge >= 0.3 is 5.97 Å². The van der Waals surface area contributed by atoms with Gasteiger partial charge in [-0.15, -0.1) is 0 Å². The summed E-state index contributed by atoms with van der Waals surface area (Å²) in [7, 11) is 0. The van der Waals surface area contributed by atoms with E-state index in [-0.39, 0.29) is 12.0 Å². The second kappa shape index (κ2) is 8.12. The molecule has 0 bridgehead atoms. The summed E-state index contributed by atoms with van der Waals surface area (Å²) in [5, 5.41) is 12.9. The van der Waals surface area contributed by atoms with Crippen LogP contribution in [0.4, 0.5) is 0 Å². The minimum Gasteiger partial charge on any atom is -0.481 e. The highest BCUT2D eigenvalue weighted by atomic mass is 35.5. The molecule has 1 N–H and O–H groups in total. The fourth-order valence-corrected chi connectivity index (χ4v) is 4.55. The molecule has 4 rings (SSSR count). The van der Waals surface area contributed by atoms with Crippen molar-refractivity contribution >= 4 is 39.9 Å². The zero-order valence-corrected chi connectivity index (χ0v) is 16.8. The number of hydrogen-bond acceptors (Lipinski definition) is 2. The summed E-state index contributed by atoms with van der Waals surface area (Å²) >= 11 is 12.9. The average Bonchev–Trinajstić information content (AvgIpc) is 2.71. The second-order valence-corrected chi connectivity index (χ2v) is 8.11. The standard InChI is InChI=1S/C23H21Cl2NO2/c24-20-9-3-8-19(21(20)25)22(26-12-4-7-18(14-26)23(27)28)17-11-10-15-5-1-2-6-16(15)13-17/h1-3,5-6,8-11,13,18,22H,4,7,12,14H2,(H,27,28). The maximum absolute atomic E-state index is 11.6. The first-order valence-electron chi connectivity index (χ1n) is 9.44. The molecular formula is C23H21Cl2NO2. The Kier molecular flexibility index (Phi) is 5.58. The summed E-state index contributed by atoms with van der Waals surface area (Å²) in [6, 6.07) is 20.1. The maximum Gasteiger partial charge on any atom is 0.307 e. The van der Waals surface area contributed by atoms with Crippen LogP contribution in [0, 0.1) is 5.92 Å². The molecule has 2 atom stereocenters. The molecule has 0 aromatic heterocycles. The molecular weight excluding hydrogens is 393 g/mol. The third-order valence-electron chi connectivity index (χ3n) is 5.53. The lowest BCUT2D eigenvalue weighted by Crippen LogP contribution is -2.41. The van der Waals surface area contributed by atoms with Crippen LogP contribution in [0.2, 0.25) is 10.0 Å². The fraction of sp³-hybridized carbons (Fsp3) is 0.261. The molecule has 1 aliphatic heterocycles. The van der Waals surface area contributed by atoms with E-state index < -0.39 is 5.97 Å². The van der Waals surface area contributed by atoms with Gasteiger partial charge in [0.25, 0.3) is 0 Å². The third kappa shape index (κ3) is 3.75. The number of halogens is 2. The minimum absolute atomic E-state index is 0.141. The normalized spacial score (nSPS) is 18.9. The van der Waals surface area contributed by atoms with E-state index in [0.717, 1.165) is 29.5 Å². The van der Waals surface area contributed by atoms with Gasteiger partial charge in [0.1, 0.15) is 0 Å². The molecule has 1 fully saturated rings. The fourth-order valence-electron chi connectivity index (χ4n) is 4.14. The van der Waals surface area contributed by atoms with E-state index in [1.165, 1.54) is 5.39 Å². The summed E-state index contributed by atoms with van der Waals surface area (Å²) < 4.78 is 0. The van der Waals surface area contributed by atoms with E-state index in [1.807, 2.05) is 24.3 Å². The molecule has 3 nitrogen and oxygen atoms in total.